The van der Waals surface area contributed by atoms with Gasteiger partial charge in [-0.05, 0) is 56.0 Å². The Balaban J connectivity index is 1.30. The number of alkyl halides is 3. The molecule has 2 amide bonds. The third kappa shape index (κ3) is 6.69. The number of rotatable bonds is 5. The Kier molecular flexibility index (Phi) is 8.95. The van der Waals surface area contributed by atoms with Crippen LogP contribution in [0.1, 0.15) is 50.5 Å². The van der Waals surface area contributed by atoms with E-state index in [4.69, 9.17) is 9.47 Å². The molecule has 13 heteroatoms. The van der Waals surface area contributed by atoms with Gasteiger partial charge in [0.1, 0.15) is 23.7 Å². The topological polar surface area (TPSA) is 110 Å². The molecule has 1 saturated heterocycles. The van der Waals surface area contributed by atoms with Crippen LogP contribution < -0.4 is 15.4 Å². The number of nitrogens with one attached hydrogen (secondary N) is 2. The van der Waals surface area contributed by atoms with Gasteiger partial charge in [0, 0.05) is 18.0 Å². The van der Waals surface area contributed by atoms with Crippen molar-refractivity contribution in [1.29, 1.82) is 0 Å². The van der Waals surface area contributed by atoms with E-state index in [0.29, 0.717) is 24.5 Å². The molecule has 2 fully saturated rings. The molecule has 244 valence electrons. The first-order valence-corrected chi connectivity index (χ1v) is 16.2. The lowest BCUT2D eigenvalue weighted by molar-refractivity contribution is -0.148. The third-order valence-electron chi connectivity index (χ3n) is 8.86. The Bertz CT molecular complexity index is 1610. The molecule has 0 radical (unpaired) electrons. The van der Waals surface area contributed by atoms with Crippen LogP contribution in [-0.4, -0.2) is 65.0 Å². The molecule has 3 heterocycles. The van der Waals surface area contributed by atoms with Crippen molar-refractivity contribution in [3.05, 3.63) is 66.2 Å². The van der Waals surface area contributed by atoms with Crippen molar-refractivity contribution in [3.63, 3.8) is 0 Å². The summed E-state index contributed by atoms with van der Waals surface area (Å²) in [5, 5.41) is 6.34. The predicted octanol–water partition coefficient (Wildman–Crippen LogP) is 5.71. The van der Waals surface area contributed by atoms with E-state index in [1.165, 1.54) is 35.5 Å². The normalized spacial score (nSPS) is 27.2. The summed E-state index contributed by atoms with van der Waals surface area (Å²) in [6.07, 6.45) is 2.68. The number of hydrogen-bond donors (Lipinski definition) is 2. The molecule has 9 nitrogen and oxygen atoms in total. The molecule has 0 unspecified atom stereocenters. The number of halogens is 3. The number of thiazole rings is 1. The second kappa shape index (κ2) is 12.9. The molecule has 2 N–H and O–H groups in total. The van der Waals surface area contributed by atoms with Crippen LogP contribution in [0.5, 0.6) is 5.19 Å². The second-order valence-corrected chi connectivity index (χ2v) is 13.0. The number of hydrogen-bond acceptors (Lipinski definition) is 8. The Morgan fingerprint density at radius 2 is 1.96 bits per heavy atom. The zero-order valence-corrected chi connectivity index (χ0v) is 26.0. The van der Waals surface area contributed by atoms with Crippen LogP contribution in [0.15, 0.2) is 60.7 Å². The number of anilines is 1. The number of esters is 1. The number of nitrogens with zero attached hydrogens (tertiary/aromatic N) is 2. The van der Waals surface area contributed by atoms with Gasteiger partial charge in [0.05, 0.1) is 29.4 Å². The van der Waals surface area contributed by atoms with E-state index in [1.807, 2.05) is 36.4 Å². The van der Waals surface area contributed by atoms with Crippen LogP contribution >= 0.6 is 11.3 Å². The van der Waals surface area contributed by atoms with Crippen LogP contribution in [0.2, 0.25) is 0 Å². The van der Waals surface area contributed by atoms with E-state index in [1.54, 1.807) is 0 Å². The van der Waals surface area contributed by atoms with E-state index in [9.17, 15) is 27.6 Å². The highest BCUT2D eigenvalue weighted by Gasteiger charge is 2.62. The molecule has 46 heavy (non-hydrogen) atoms. The van der Waals surface area contributed by atoms with Crippen molar-refractivity contribution in [2.75, 3.05) is 19.0 Å². The highest BCUT2D eigenvalue weighted by molar-refractivity contribution is 7.20. The maximum Gasteiger partial charge on any atom is 0.416 e. The molecule has 1 aromatic heterocycles. The molecular formula is C33H35F3N4O5S. The van der Waals surface area contributed by atoms with E-state index < -0.39 is 53.2 Å². The number of carbonyl (C=O) groups excluding carboxylic acids is 3. The minimum atomic E-state index is -4.55. The zero-order chi connectivity index (χ0) is 32.5. The Hall–Kier alpha value is -4.13. The Morgan fingerprint density at radius 3 is 2.74 bits per heavy atom. The van der Waals surface area contributed by atoms with Gasteiger partial charge in [0.25, 0.3) is 5.19 Å². The van der Waals surface area contributed by atoms with Crippen molar-refractivity contribution < 1.29 is 37.0 Å². The number of aromatic nitrogens is 1. The van der Waals surface area contributed by atoms with Crippen molar-refractivity contribution in [2.45, 2.75) is 74.8 Å². The lowest BCUT2D eigenvalue weighted by Crippen LogP contribution is -2.55. The lowest BCUT2D eigenvalue weighted by atomic mass is 10.0. The summed E-state index contributed by atoms with van der Waals surface area (Å²) in [6.45, 7) is 0.0577. The maximum atomic E-state index is 14.3. The first kappa shape index (κ1) is 31.8. The van der Waals surface area contributed by atoms with E-state index in [-0.39, 0.29) is 24.6 Å². The van der Waals surface area contributed by atoms with Gasteiger partial charge in [-0.1, -0.05) is 54.5 Å². The smallest absolute Gasteiger partial charge is 0.416 e. The molecule has 3 aromatic rings. The molecule has 3 aliphatic rings. The van der Waals surface area contributed by atoms with Crippen LogP contribution in [0.3, 0.4) is 0 Å². The van der Waals surface area contributed by atoms with Gasteiger partial charge in [0.15, 0.2) is 0 Å². The average Bonchev–Trinajstić information content (AvgIpc) is 3.34. The molecule has 1 saturated carbocycles. The molecule has 2 aromatic carbocycles. The fourth-order valence-corrected chi connectivity index (χ4v) is 7.23. The minimum absolute atomic E-state index is 0.0577. The van der Waals surface area contributed by atoms with Crippen LogP contribution in [0.25, 0.3) is 10.2 Å². The molecule has 2 aliphatic heterocycles. The number of benzene rings is 2. The lowest BCUT2D eigenvalue weighted by Gasteiger charge is -2.30. The van der Waals surface area contributed by atoms with Gasteiger partial charge >= 0.3 is 12.1 Å². The van der Waals surface area contributed by atoms with Gasteiger partial charge in [-0.2, -0.15) is 13.2 Å². The summed E-state index contributed by atoms with van der Waals surface area (Å²) < 4.78 is 52.7. The fourth-order valence-electron chi connectivity index (χ4n) is 6.35. The van der Waals surface area contributed by atoms with Crippen molar-refractivity contribution in [2.24, 2.45) is 5.92 Å². The number of para-hydroxylation sites is 1. The largest absolute Gasteiger partial charge is 0.467 e. The summed E-state index contributed by atoms with van der Waals surface area (Å²) in [5.41, 5.74) is -1.13. The van der Waals surface area contributed by atoms with Crippen molar-refractivity contribution in [1.82, 2.24) is 15.2 Å². The predicted molar refractivity (Wildman–Crippen MR) is 166 cm³/mol. The van der Waals surface area contributed by atoms with Crippen LogP contribution in [0, 0.1) is 5.92 Å². The van der Waals surface area contributed by atoms with Gasteiger partial charge in [-0.3, -0.25) is 9.59 Å². The number of carbonyl (C=O) groups is 3. The van der Waals surface area contributed by atoms with E-state index in [0.717, 1.165) is 41.6 Å². The van der Waals surface area contributed by atoms with Crippen LogP contribution in [0.4, 0.5) is 18.9 Å². The van der Waals surface area contributed by atoms with E-state index >= 15 is 0 Å². The highest BCUT2D eigenvalue weighted by atomic mass is 32.1. The fraction of sp³-hybridized carbons (Fsp3) is 0.455. The number of ether oxygens (including phenoxy) is 2. The average molecular weight is 657 g/mol. The number of methoxy groups -OCH3 is 1. The number of fused-ring (bicyclic) bond motifs is 3. The van der Waals surface area contributed by atoms with E-state index in [2.05, 4.69) is 15.6 Å². The van der Waals surface area contributed by atoms with Crippen molar-refractivity contribution in [3.8, 4) is 5.19 Å². The monoisotopic (exact) mass is 656 g/mol. The molecule has 0 spiro atoms. The molecular weight excluding hydrogens is 621 g/mol. The van der Waals surface area contributed by atoms with Crippen LogP contribution in [-0.2, 0) is 25.3 Å². The summed E-state index contributed by atoms with van der Waals surface area (Å²) in [5.74, 6) is -1.73. The van der Waals surface area contributed by atoms with Gasteiger partial charge in [-0.25, -0.2) is 9.78 Å². The van der Waals surface area contributed by atoms with Gasteiger partial charge < -0.3 is 25.0 Å². The molecule has 6 rings (SSSR count). The molecule has 1 aliphatic carbocycles. The summed E-state index contributed by atoms with van der Waals surface area (Å²) in [7, 11) is 1.27. The SMILES string of the molecule is COC(=O)[C@@]12C[C@H]1C=CCCCCC[C@H](Nc1cccc(C(F)(F)F)c1)C(=O)N1C[C@H](Oc3nc4ccccc4s3)C[C@H]1C(=O)N2. The first-order valence-electron chi connectivity index (χ1n) is 15.4. The third-order valence-corrected chi connectivity index (χ3v) is 9.79. The Labute approximate surface area is 268 Å². The summed E-state index contributed by atoms with van der Waals surface area (Å²) in [6, 6.07) is 10.4. The highest BCUT2D eigenvalue weighted by Crippen LogP contribution is 2.46. The molecule has 5 atom stereocenters. The standard InChI is InChI=1S/C33H35F3N4O5S/c1-44-30(43)32-18-21(32)10-5-3-2-4-6-14-25(37-22-12-9-11-20(16-22)33(34,35)36)29(42)40-19-23(17-26(40)28(41)39-32)45-31-38-24-13-7-8-15-27(24)46-31/h5,7-13,15-16,21,23,25-26,37H,2-4,6,14,17-19H2,1H3,(H,39,41)/t21-,23-,25+,26+,32-/m1/s1. The van der Waals surface area contributed by atoms with Gasteiger partial charge in [-0.15, -0.1) is 0 Å². The minimum Gasteiger partial charge on any atom is -0.467 e. The maximum absolute atomic E-state index is 14.3. The number of amides is 2. The summed E-state index contributed by atoms with van der Waals surface area (Å²) >= 11 is 1.35. The Morgan fingerprint density at radius 1 is 1.13 bits per heavy atom. The molecule has 0 bridgehead atoms. The van der Waals surface area contributed by atoms with Crippen molar-refractivity contribution >= 4 is 45.0 Å². The second-order valence-electron chi connectivity index (χ2n) is 12.0. The number of allylic oxidation sites excluding steroid dienone is 1. The summed E-state index contributed by atoms with van der Waals surface area (Å²) in [4.78, 5) is 47.1. The quantitative estimate of drug-likeness (QED) is 0.268. The zero-order valence-electron chi connectivity index (χ0n) is 25.2. The first-order chi connectivity index (χ1) is 22.1. The van der Waals surface area contributed by atoms with Gasteiger partial charge in [0.2, 0.25) is 11.8 Å².